The molecule has 0 unspecified atom stereocenters. The van der Waals surface area contributed by atoms with Gasteiger partial charge in [0.05, 0.1) is 6.61 Å². The zero-order valence-corrected chi connectivity index (χ0v) is 25.3. The van der Waals surface area contributed by atoms with Gasteiger partial charge < -0.3 is 32.2 Å². The van der Waals surface area contributed by atoms with Crippen LogP contribution in [0, 0.1) is 11.8 Å². The fourth-order valence-corrected chi connectivity index (χ4v) is 4.93. The molecule has 0 bridgehead atoms. The Kier molecular flexibility index (Phi) is 17.4. The summed E-state index contributed by atoms with van der Waals surface area (Å²) >= 11 is 0. The van der Waals surface area contributed by atoms with Crippen LogP contribution in [0.4, 0.5) is 9.59 Å². The molecule has 41 heavy (non-hydrogen) atoms. The first-order valence-corrected chi connectivity index (χ1v) is 15.1. The van der Waals surface area contributed by atoms with E-state index in [1.165, 1.54) is 0 Å². The summed E-state index contributed by atoms with van der Waals surface area (Å²) in [5.41, 5.74) is 13.6. The summed E-state index contributed by atoms with van der Waals surface area (Å²) in [5.74, 6) is -1.27. The Morgan fingerprint density at radius 2 is 1.46 bits per heavy atom. The topological polar surface area (TPSA) is 198 Å². The molecule has 0 aromatic rings. The minimum Gasteiger partial charge on any atom is -0.450 e. The van der Waals surface area contributed by atoms with Crippen LogP contribution >= 0.6 is 0 Å². The third-order valence-electron chi connectivity index (χ3n) is 7.03. The SMILES string of the molecule is CCC[C@H](NC(=O)[C@H](CCCCN)NC(=O)[C@H](CC1CCCCC1)NC(=O)OCC)C(=O)NN(CC(C)C)C(N)=O. The van der Waals surface area contributed by atoms with E-state index in [2.05, 4.69) is 21.4 Å². The molecule has 8 N–H and O–H groups in total. The van der Waals surface area contributed by atoms with Crippen molar-refractivity contribution >= 4 is 29.8 Å². The van der Waals surface area contributed by atoms with Crippen LogP contribution in [0.2, 0.25) is 0 Å². The average molecular weight is 584 g/mol. The lowest BCUT2D eigenvalue weighted by Gasteiger charge is -2.29. The maximum Gasteiger partial charge on any atom is 0.407 e. The molecule has 0 saturated heterocycles. The fourth-order valence-electron chi connectivity index (χ4n) is 4.93. The molecular weight excluding hydrogens is 530 g/mol. The van der Waals surface area contributed by atoms with E-state index in [9.17, 15) is 24.0 Å². The molecule has 1 aliphatic carbocycles. The number of primary amides is 1. The summed E-state index contributed by atoms with van der Waals surface area (Å²) in [6.07, 6.45) is 7.42. The summed E-state index contributed by atoms with van der Waals surface area (Å²) < 4.78 is 5.02. The van der Waals surface area contributed by atoms with Gasteiger partial charge in [-0.2, -0.15) is 0 Å². The predicted molar refractivity (Wildman–Crippen MR) is 156 cm³/mol. The standard InChI is InChI=1S/C28H53N7O6/c1-5-12-21(26(38)34-35(27(30)39)18-19(3)4)31-24(36)22(15-10-11-16-29)32-25(37)23(33-28(40)41-6-2)17-20-13-8-7-9-14-20/h19-23H,5-18,29H2,1-4H3,(H2,30,39)(H,31,36)(H,32,37)(H,33,40)(H,34,38)/t21-,22-,23-/m0/s1. The summed E-state index contributed by atoms with van der Waals surface area (Å²) in [7, 11) is 0. The van der Waals surface area contributed by atoms with Gasteiger partial charge in [0, 0.05) is 6.54 Å². The summed E-state index contributed by atoms with van der Waals surface area (Å²) in [6.45, 7) is 8.10. The second kappa shape index (κ2) is 19.9. The first-order chi connectivity index (χ1) is 19.5. The number of carbonyl (C=O) groups excluding carboxylic acids is 5. The summed E-state index contributed by atoms with van der Waals surface area (Å²) in [5, 5.41) is 9.24. The lowest BCUT2D eigenvalue weighted by atomic mass is 9.84. The summed E-state index contributed by atoms with van der Waals surface area (Å²) in [6, 6.07) is -3.58. The van der Waals surface area contributed by atoms with Crippen LogP contribution in [0.3, 0.4) is 0 Å². The summed E-state index contributed by atoms with van der Waals surface area (Å²) in [4.78, 5) is 64.0. The number of nitrogens with one attached hydrogen (secondary N) is 4. The zero-order chi connectivity index (χ0) is 30.8. The zero-order valence-electron chi connectivity index (χ0n) is 25.3. The molecule has 0 aromatic heterocycles. The number of nitrogens with zero attached hydrogens (tertiary/aromatic N) is 1. The number of rotatable bonds is 17. The first-order valence-electron chi connectivity index (χ1n) is 15.1. The molecule has 6 amide bonds. The van der Waals surface area contributed by atoms with Gasteiger partial charge in [-0.05, 0) is 57.4 Å². The average Bonchev–Trinajstić information content (AvgIpc) is 2.91. The van der Waals surface area contributed by atoms with Gasteiger partial charge in [0.2, 0.25) is 11.8 Å². The molecule has 0 aliphatic heterocycles. The second-order valence-electron chi connectivity index (χ2n) is 11.2. The van der Waals surface area contributed by atoms with Crippen LogP contribution in [0.5, 0.6) is 0 Å². The van der Waals surface area contributed by atoms with Crippen molar-refractivity contribution < 1.29 is 28.7 Å². The van der Waals surface area contributed by atoms with E-state index in [0.717, 1.165) is 37.1 Å². The van der Waals surface area contributed by atoms with Crippen LogP contribution in [-0.2, 0) is 19.1 Å². The number of hydrazine groups is 1. The third kappa shape index (κ3) is 14.4. The molecule has 1 saturated carbocycles. The Hall–Kier alpha value is -3.09. The number of ether oxygens (including phenoxy) is 1. The Morgan fingerprint density at radius 1 is 0.854 bits per heavy atom. The number of unbranched alkanes of at least 4 members (excludes halogenated alkanes) is 1. The Balaban J connectivity index is 3.05. The van der Waals surface area contributed by atoms with Crippen molar-refractivity contribution in [3.8, 4) is 0 Å². The van der Waals surface area contributed by atoms with Crippen LogP contribution in [0.15, 0.2) is 0 Å². The molecular formula is C28H53N7O6. The maximum absolute atomic E-state index is 13.4. The van der Waals surface area contributed by atoms with Crippen molar-refractivity contribution in [3.63, 3.8) is 0 Å². The number of urea groups is 1. The Labute approximate surface area is 244 Å². The molecule has 1 rings (SSSR count). The van der Waals surface area contributed by atoms with Gasteiger partial charge in [0.1, 0.15) is 18.1 Å². The van der Waals surface area contributed by atoms with Crippen molar-refractivity contribution in [2.24, 2.45) is 23.3 Å². The maximum atomic E-state index is 13.4. The van der Waals surface area contributed by atoms with Crippen LogP contribution in [0.25, 0.3) is 0 Å². The monoisotopic (exact) mass is 583 g/mol. The quantitative estimate of drug-likeness (QED) is 0.111. The van der Waals surface area contributed by atoms with E-state index in [0.29, 0.717) is 45.1 Å². The highest BCUT2D eigenvalue weighted by atomic mass is 16.5. The van der Waals surface area contributed by atoms with E-state index in [-0.39, 0.29) is 25.0 Å². The van der Waals surface area contributed by atoms with E-state index in [4.69, 9.17) is 16.2 Å². The van der Waals surface area contributed by atoms with Crippen molar-refractivity contribution in [2.75, 3.05) is 19.7 Å². The third-order valence-corrected chi connectivity index (χ3v) is 7.03. The minimum atomic E-state index is -0.957. The van der Waals surface area contributed by atoms with Crippen molar-refractivity contribution in [1.29, 1.82) is 0 Å². The van der Waals surface area contributed by atoms with Gasteiger partial charge in [0.25, 0.3) is 5.91 Å². The molecule has 236 valence electrons. The predicted octanol–water partition coefficient (Wildman–Crippen LogP) is 2.04. The highest BCUT2D eigenvalue weighted by Crippen LogP contribution is 2.27. The van der Waals surface area contributed by atoms with Gasteiger partial charge in [-0.25, -0.2) is 14.6 Å². The van der Waals surface area contributed by atoms with E-state index < -0.39 is 48.0 Å². The molecule has 0 radical (unpaired) electrons. The van der Waals surface area contributed by atoms with Crippen molar-refractivity contribution in [1.82, 2.24) is 26.4 Å². The van der Waals surface area contributed by atoms with E-state index >= 15 is 0 Å². The van der Waals surface area contributed by atoms with Gasteiger partial charge in [-0.1, -0.05) is 59.3 Å². The number of hydrogen-bond acceptors (Lipinski definition) is 7. The normalized spacial score (nSPS) is 15.8. The first kappa shape index (κ1) is 35.9. The molecule has 0 spiro atoms. The molecule has 1 fully saturated rings. The number of hydrogen-bond donors (Lipinski definition) is 6. The highest BCUT2D eigenvalue weighted by Gasteiger charge is 2.32. The number of nitrogens with two attached hydrogens (primary N) is 2. The molecule has 1 aliphatic rings. The Morgan fingerprint density at radius 3 is 2.00 bits per heavy atom. The van der Waals surface area contributed by atoms with Gasteiger partial charge in [-0.3, -0.25) is 19.8 Å². The minimum absolute atomic E-state index is 0.0499. The second-order valence-corrected chi connectivity index (χ2v) is 11.2. The van der Waals surface area contributed by atoms with Crippen LogP contribution in [0.1, 0.15) is 98.3 Å². The van der Waals surface area contributed by atoms with Crippen molar-refractivity contribution in [2.45, 2.75) is 116 Å². The number of alkyl carbamates (subject to hydrolysis) is 1. The molecule has 13 heteroatoms. The van der Waals surface area contributed by atoms with Gasteiger partial charge in [0.15, 0.2) is 0 Å². The largest absolute Gasteiger partial charge is 0.450 e. The lowest BCUT2D eigenvalue weighted by Crippen LogP contribution is -2.59. The van der Waals surface area contributed by atoms with Crippen LogP contribution in [-0.4, -0.2) is 72.7 Å². The molecule has 3 atom stereocenters. The fraction of sp³-hybridized carbons (Fsp3) is 0.821. The van der Waals surface area contributed by atoms with E-state index in [1.807, 2.05) is 20.8 Å². The van der Waals surface area contributed by atoms with Crippen LogP contribution < -0.4 is 32.8 Å². The molecule has 0 heterocycles. The van der Waals surface area contributed by atoms with Gasteiger partial charge in [-0.15, -0.1) is 0 Å². The number of amides is 6. The highest BCUT2D eigenvalue weighted by molar-refractivity contribution is 5.94. The molecule has 0 aromatic carbocycles. The lowest BCUT2D eigenvalue weighted by molar-refractivity contribution is -0.134. The molecule has 13 nitrogen and oxygen atoms in total. The Bertz CT molecular complexity index is 835. The van der Waals surface area contributed by atoms with Crippen molar-refractivity contribution in [3.05, 3.63) is 0 Å². The number of carbonyl (C=O) groups is 5. The smallest absolute Gasteiger partial charge is 0.407 e. The van der Waals surface area contributed by atoms with E-state index in [1.54, 1.807) is 6.92 Å². The van der Waals surface area contributed by atoms with Gasteiger partial charge >= 0.3 is 12.1 Å².